The molecule has 3 rings (SSSR count). The molecule has 10 heteroatoms. The van der Waals surface area contributed by atoms with Crippen LogP contribution in [0.15, 0.2) is 22.8 Å². The molecule has 2 aliphatic rings. The predicted octanol–water partition coefficient (Wildman–Crippen LogP) is 4.47. The van der Waals surface area contributed by atoms with Gasteiger partial charge in [0.15, 0.2) is 0 Å². The van der Waals surface area contributed by atoms with E-state index in [0.717, 1.165) is 0 Å². The van der Waals surface area contributed by atoms with E-state index in [1.807, 2.05) is 88.3 Å². The molecule has 7 nitrogen and oxygen atoms in total. The molecule has 0 saturated carbocycles. The Balaban J connectivity index is 2.06. The van der Waals surface area contributed by atoms with Crippen LogP contribution in [0, 0.1) is 0 Å². The topological polar surface area (TPSA) is 85.2 Å². The summed E-state index contributed by atoms with van der Waals surface area (Å²) in [5.74, 6) is 0.622. The summed E-state index contributed by atoms with van der Waals surface area (Å²) in [6.45, 7) is 21.9. The summed E-state index contributed by atoms with van der Waals surface area (Å²) in [7, 11) is -1.34. The number of nitrogens with one attached hydrogen (secondary N) is 1. The second-order valence-electron chi connectivity index (χ2n) is 11.8. The van der Waals surface area contributed by atoms with Gasteiger partial charge in [0.1, 0.15) is 16.5 Å². The van der Waals surface area contributed by atoms with Crippen molar-refractivity contribution in [1.82, 2.24) is 4.72 Å². The van der Waals surface area contributed by atoms with Crippen molar-refractivity contribution >= 4 is 25.6 Å². The van der Waals surface area contributed by atoms with Gasteiger partial charge in [0.05, 0.1) is 34.4 Å². The van der Waals surface area contributed by atoms with Gasteiger partial charge in [-0.3, -0.25) is 0 Å². The van der Waals surface area contributed by atoms with Gasteiger partial charge in [0.25, 0.3) is 0 Å². The second kappa shape index (κ2) is 8.33. The van der Waals surface area contributed by atoms with Gasteiger partial charge in [-0.25, -0.2) is 0 Å². The average Bonchev–Trinajstić information content (AvgIpc) is 3.23. The lowest BCUT2D eigenvalue weighted by Gasteiger charge is -2.33. The van der Waals surface area contributed by atoms with Crippen LogP contribution in [0.3, 0.4) is 0 Å². The van der Waals surface area contributed by atoms with Gasteiger partial charge in [-0.2, -0.15) is 0 Å². The molecule has 1 aromatic rings. The molecule has 2 saturated heterocycles. The molecule has 1 aromatic heterocycles. The molecule has 0 amide bonds. The van der Waals surface area contributed by atoms with Crippen LogP contribution in [-0.4, -0.2) is 45.9 Å². The molecule has 0 aliphatic carbocycles. The summed E-state index contributed by atoms with van der Waals surface area (Å²) < 4.78 is 47.6. The summed E-state index contributed by atoms with van der Waals surface area (Å²) in [5, 5.41) is 0. The van der Waals surface area contributed by atoms with Crippen LogP contribution in [0.2, 0.25) is 5.72 Å². The summed E-state index contributed by atoms with van der Waals surface area (Å²) in [5.41, 5.74) is -2.67. The highest BCUT2D eigenvalue weighted by molar-refractivity contribution is 7.90. The van der Waals surface area contributed by atoms with E-state index >= 15 is 0 Å². The SMILES string of the molecule is CC(C)(C)[S@@+]([O-])N[C@H](c1ccco1)C(B1OC(C)(C)C(C)(C)O1)B1OC(C)(C)C(C)(C)O1. The average molecular weight is 467 g/mol. The fraction of sp³-hybridized carbons (Fsp3) is 0.818. The van der Waals surface area contributed by atoms with Crippen LogP contribution in [0.25, 0.3) is 0 Å². The van der Waals surface area contributed by atoms with Gasteiger partial charge in [0.2, 0.25) is 0 Å². The molecule has 2 atom stereocenters. The van der Waals surface area contributed by atoms with Crippen molar-refractivity contribution in [2.75, 3.05) is 0 Å². The minimum Gasteiger partial charge on any atom is -0.598 e. The maximum absolute atomic E-state index is 13.2. The minimum absolute atomic E-state index is 0.485. The van der Waals surface area contributed by atoms with E-state index in [4.69, 9.17) is 23.0 Å². The van der Waals surface area contributed by atoms with Crippen LogP contribution >= 0.6 is 0 Å². The number of furan rings is 1. The first-order valence-corrected chi connectivity index (χ1v) is 12.5. The lowest BCUT2D eigenvalue weighted by molar-refractivity contribution is 0.00578. The highest BCUT2D eigenvalue weighted by Gasteiger charge is 2.64. The van der Waals surface area contributed by atoms with Crippen molar-refractivity contribution in [2.45, 2.75) is 115 Å². The molecule has 0 radical (unpaired) electrons. The Labute approximate surface area is 197 Å². The number of rotatable bonds is 6. The molecular weight excluding hydrogens is 428 g/mol. The normalized spacial score (nSPS) is 26.0. The zero-order valence-electron chi connectivity index (χ0n) is 21.4. The predicted molar refractivity (Wildman–Crippen MR) is 128 cm³/mol. The van der Waals surface area contributed by atoms with Crippen molar-refractivity contribution in [1.29, 1.82) is 0 Å². The molecular formula is C22H39B2NO6S. The number of hydrogen-bond donors (Lipinski definition) is 1. The lowest BCUT2D eigenvalue weighted by atomic mass is 9.48. The third kappa shape index (κ3) is 4.83. The third-order valence-corrected chi connectivity index (χ3v) is 8.78. The highest BCUT2D eigenvalue weighted by Crippen LogP contribution is 2.49. The Morgan fingerprint density at radius 3 is 1.56 bits per heavy atom. The van der Waals surface area contributed by atoms with Crippen LogP contribution in [0.4, 0.5) is 0 Å². The van der Waals surface area contributed by atoms with Crippen molar-refractivity contribution in [3.8, 4) is 0 Å². The molecule has 180 valence electrons. The highest BCUT2D eigenvalue weighted by atomic mass is 32.2. The van der Waals surface area contributed by atoms with Crippen molar-refractivity contribution in [3.63, 3.8) is 0 Å². The van der Waals surface area contributed by atoms with Gasteiger partial charge in [-0.15, -0.1) is 4.72 Å². The Hall–Kier alpha value is -0.480. The van der Waals surface area contributed by atoms with Crippen LogP contribution < -0.4 is 4.72 Å². The molecule has 2 fully saturated rings. The first-order chi connectivity index (χ1) is 14.4. The fourth-order valence-electron chi connectivity index (χ4n) is 3.62. The van der Waals surface area contributed by atoms with E-state index < -0.39 is 64.5 Å². The van der Waals surface area contributed by atoms with E-state index in [1.54, 1.807) is 6.26 Å². The zero-order chi connectivity index (χ0) is 24.3. The molecule has 0 spiro atoms. The maximum Gasteiger partial charge on any atom is 0.461 e. The van der Waals surface area contributed by atoms with Crippen LogP contribution in [0.5, 0.6) is 0 Å². The molecule has 0 unspecified atom stereocenters. The molecule has 3 heterocycles. The first-order valence-electron chi connectivity index (χ1n) is 11.3. The third-order valence-electron chi connectivity index (χ3n) is 7.20. The van der Waals surface area contributed by atoms with Crippen molar-refractivity contribution < 1.29 is 27.6 Å². The molecule has 2 aliphatic heterocycles. The largest absolute Gasteiger partial charge is 0.598 e. The van der Waals surface area contributed by atoms with Crippen LogP contribution in [-0.2, 0) is 30.0 Å². The summed E-state index contributed by atoms with van der Waals surface area (Å²) >= 11 is -1.38. The molecule has 0 bridgehead atoms. The summed E-state index contributed by atoms with van der Waals surface area (Å²) in [6, 6.07) is 3.14. The standard InChI is InChI=1S/C22H39B2NO6S/c1-18(2,3)32(26)25-16(15-13-12-14-27-15)17(23-28-19(4,5)20(6,7)29-23)24-30-21(8,9)22(10,11)31-24/h12-14,16-17,25H,1-11H3/t16-,32-/m1/s1. The Morgan fingerprint density at radius 1 is 0.844 bits per heavy atom. The van der Waals surface area contributed by atoms with Crippen LogP contribution in [0.1, 0.15) is 88.0 Å². The fourth-order valence-corrected chi connectivity index (χ4v) is 4.48. The second-order valence-corrected chi connectivity index (χ2v) is 13.8. The van der Waals surface area contributed by atoms with E-state index in [9.17, 15) is 4.55 Å². The van der Waals surface area contributed by atoms with Gasteiger partial charge in [0, 0.05) is 11.4 Å². The summed E-state index contributed by atoms with van der Waals surface area (Å²) in [6.07, 6.45) is 1.61. The first kappa shape index (κ1) is 26.1. The van der Waals surface area contributed by atoms with Gasteiger partial charge >= 0.3 is 14.2 Å². The van der Waals surface area contributed by atoms with Crippen molar-refractivity contribution in [3.05, 3.63) is 24.2 Å². The summed E-state index contributed by atoms with van der Waals surface area (Å²) in [4.78, 5) is 0. The number of hydrogen-bond acceptors (Lipinski definition) is 7. The Kier molecular flexibility index (Phi) is 6.80. The van der Waals surface area contributed by atoms with Gasteiger partial charge in [-0.1, -0.05) is 0 Å². The maximum atomic E-state index is 13.2. The smallest absolute Gasteiger partial charge is 0.461 e. The lowest BCUT2D eigenvalue weighted by Crippen LogP contribution is -2.49. The molecule has 0 aromatic carbocycles. The molecule has 1 N–H and O–H groups in total. The molecule has 32 heavy (non-hydrogen) atoms. The minimum atomic E-state index is -1.38. The zero-order valence-corrected chi connectivity index (χ0v) is 22.2. The van der Waals surface area contributed by atoms with Gasteiger partial charge in [-0.05, 0) is 88.3 Å². The van der Waals surface area contributed by atoms with E-state index in [0.29, 0.717) is 5.76 Å². The van der Waals surface area contributed by atoms with E-state index in [-0.39, 0.29) is 0 Å². The Bertz CT molecular complexity index is 725. The Morgan fingerprint density at radius 2 is 1.25 bits per heavy atom. The quantitative estimate of drug-likeness (QED) is 0.488. The van der Waals surface area contributed by atoms with E-state index in [2.05, 4.69) is 4.72 Å². The van der Waals surface area contributed by atoms with E-state index in [1.165, 1.54) is 0 Å². The van der Waals surface area contributed by atoms with Crippen molar-refractivity contribution in [2.24, 2.45) is 0 Å². The monoisotopic (exact) mass is 467 g/mol. The van der Waals surface area contributed by atoms with Gasteiger partial charge < -0.3 is 27.6 Å².